The van der Waals surface area contributed by atoms with E-state index in [1.807, 2.05) is 43.3 Å². The number of fused-ring (bicyclic) bond motifs is 4. The van der Waals surface area contributed by atoms with Gasteiger partial charge in [0.2, 0.25) is 0 Å². The van der Waals surface area contributed by atoms with Crippen LogP contribution in [0.25, 0.3) is 10.8 Å². The average Bonchev–Trinajstić information content (AvgIpc) is 3.27. The van der Waals surface area contributed by atoms with E-state index < -0.39 is 17.1 Å². The number of aliphatic hydroxyl groups is 1. The lowest BCUT2D eigenvalue weighted by atomic mass is 9.71. The van der Waals surface area contributed by atoms with E-state index in [2.05, 4.69) is 22.3 Å². The van der Waals surface area contributed by atoms with E-state index in [-0.39, 0.29) is 64.3 Å². The molecule has 0 unspecified atom stereocenters. The Morgan fingerprint density at radius 1 is 1.19 bits per heavy atom. The summed E-state index contributed by atoms with van der Waals surface area (Å²) in [6.07, 6.45) is 1.29. The first-order valence-corrected chi connectivity index (χ1v) is 13.3. The Balaban J connectivity index is 1.54. The van der Waals surface area contributed by atoms with Crippen molar-refractivity contribution >= 4 is 28.2 Å². The van der Waals surface area contributed by atoms with Crippen LogP contribution in [-0.2, 0) is 21.6 Å². The molecule has 42 heavy (non-hydrogen) atoms. The largest absolute Gasteiger partial charge is 0.507 e. The maximum atomic E-state index is 13.9. The molecule has 214 valence electrons. The number of aliphatic hydroxyl groups excluding tert-OH is 1. The molecule has 9 nitrogen and oxygen atoms in total. The molecule has 0 fully saturated rings. The highest BCUT2D eigenvalue weighted by molar-refractivity contribution is 6.27. The lowest BCUT2D eigenvalue weighted by Crippen LogP contribution is -2.38. The number of aryl methyl sites for hydroxylation is 1. The third-order valence-corrected chi connectivity index (χ3v) is 7.66. The van der Waals surface area contributed by atoms with Crippen LogP contribution in [0.5, 0.6) is 17.2 Å². The number of phenols is 1. The maximum Gasteiger partial charge on any atom is 0.259 e. The zero-order chi connectivity index (χ0) is 30.2. The highest BCUT2D eigenvalue weighted by Gasteiger charge is 2.55. The van der Waals surface area contributed by atoms with Gasteiger partial charge in [-0.25, -0.2) is 0 Å². The summed E-state index contributed by atoms with van der Waals surface area (Å²) in [5, 5.41) is 30.8. The molecule has 1 aliphatic carbocycles. The first-order chi connectivity index (χ1) is 20.1. The Bertz CT molecular complexity index is 1810. The predicted molar refractivity (Wildman–Crippen MR) is 158 cm³/mol. The second kappa shape index (κ2) is 11.0. The number of carbonyl (C=O) groups is 2. The number of aromatic hydroxyl groups is 1. The highest BCUT2D eigenvalue weighted by Crippen LogP contribution is 2.56. The number of phenolic OH excluding ortho intramolecular Hbond substituents is 1. The van der Waals surface area contributed by atoms with Gasteiger partial charge in [0.05, 0.1) is 24.0 Å². The zero-order valence-corrected chi connectivity index (χ0v) is 23.9. The van der Waals surface area contributed by atoms with Crippen molar-refractivity contribution in [2.24, 2.45) is 5.16 Å². The average molecular weight is 567 g/mol. The van der Waals surface area contributed by atoms with Gasteiger partial charge in [-0.3, -0.25) is 9.59 Å². The van der Waals surface area contributed by atoms with Crippen molar-refractivity contribution in [3.05, 3.63) is 87.9 Å². The molecule has 9 heteroatoms. The van der Waals surface area contributed by atoms with E-state index in [4.69, 9.17) is 14.3 Å². The number of hydrogen-bond donors (Lipinski definition) is 3. The summed E-state index contributed by atoms with van der Waals surface area (Å²) in [7, 11) is 1.37. The van der Waals surface area contributed by atoms with E-state index in [0.29, 0.717) is 0 Å². The molecule has 5 rings (SSSR count). The molecule has 0 saturated heterocycles. The molecule has 2 aliphatic rings. The van der Waals surface area contributed by atoms with Crippen LogP contribution in [0.15, 0.2) is 70.8 Å². The summed E-state index contributed by atoms with van der Waals surface area (Å²) in [6, 6.07) is 13.2. The van der Waals surface area contributed by atoms with Crippen LogP contribution in [-0.4, -0.2) is 41.3 Å². The number of nitrogens with zero attached hydrogens (tertiary/aromatic N) is 1. The number of oxime groups is 1. The second-order valence-corrected chi connectivity index (χ2v) is 10.1. The first kappa shape index (κ1) is 28.3. The number of methoxy groups -OCH3 is 1. The SMILES string of the molecule is CC#CCO/N=C(\C)C1=C(O)C=C2Oc3c(C(=O)NCc4c(C)ccc5ccccc45)c(OC)cc(O)c3[C@]2(C)C1=O. The quantitative estimate of drug-likeness (QED) is 0.157. The summed E-state index contributed by atoms with van der Waals surface area (Å²) >= 11 is 0. The molecule has 0 saturated carbocycles. The van der Waals surface area contributed by atoms with Crippen molar-refractivity contribution in [3.63, 3.8) is 0 Å². The third-order valence-electron chi connectivity index (χ3n) is 7.66. The fraction of sp³-hybridized carbons (Fsp3) is 0.242. The van der Waals surface area contributed by atoms with Crippen LogP contribution in [0, 0.1) is 18.8 Å². The van der Waals surface area contributed by atoms with E-state index in [0.717, 1.165) is 21.9 Å². The summed E-state index contributed by atoms with van der Waals surface area (Å²) in [5.74, 6) is 3.68. The van der Waals surface area contributed by atoms with Crippen molar-refractivity contribution in [2.75, 3.05) is 13.7 Å². The first-order valence-electron chi connectivity index (χ1n) is 13.3. The number of hydrogen-bond acceptors (Lipinski definition) is 8. The molecule has 0 aromatic heterocycles. The van der Waals surface area contributed by atoms with E-state index >= 15 is 0 Å². The molecule has 0 spiro atoms. The van der Waals surface area contributed by atoms with Crippen molar-refractivity contribution in [3.8, 4) is 29.1 Å². The fourth-order valence-corrected chi connectivity index (χ4v) is 5.45. The van der Waals surface area contributed by atoms with E-state index in [9.17, 15) is 19.8 Å². The molecule has 1 aliphatic heterocycles. The number of ketones is 1. The van der Waals surface area contributed by atoms with Crippen LogP contribution < -0.4 is 14.8 Å². The van der Waals surface area contributed by atoms with Gasteiger partial charge in [-0.15, -0.1) is 5.92 Å². The molecule has 3 aromatic rings. The van der Waals surface area contributed by atoms with Crippen LogP contribution in [0.2, 0.25) is 0 Å². The fourth-order valence-electron chi connectivity index (χ4n) is 5.45. The van der Waals surface area contributed by atoms with Gasteiger partial charge < -0.3 is 29.8 Å². The molecular weight excluding hydrogens is 536 g/mol. The minimum atomic E-state index is -1.56. The molecule has 3 N–H and O–H groups in total. The minimum absolute atomic E-state index is 0.0116. The van der Waals surface area contributed by atoms with Gasteiger partial charge in [0.25, 0.3) is 5.91 Å². The maximum absolute atomic E-state index is 13.9. The Labute approximate surface area is 243 Å². The second-order valence-electron chi connectivity index (χ2n) is 10.1. The van der Waals surface area contributed by atoms with Gasteiger partial charge in [-0.2, -0.15) is 0 Å². The summed E-state index contributed by atoms with van der Waals surface area (Å²) < 4.78 is 11.5. The lowest BCUT2D eigenvalue weighted by Gasteiger charge is -2.28. The Morgan fingerprint density at radius 2 is 1.95 bits per heavy atom. The highest BCUT2D eigenvalue weighted by atomic mass is 16.6. The smallest absolute Gasteiger partial charge is 0.259 e. The Morgan fingerprint density at radius 3 is 2.69 bits per heavy atom. The van der Waals surface area contributed by atoms with Gasteiger partial charge in [0, 0.05) is 18.7 Å². The van der Waals surface area contributed by atoms with Gasteiger partial charge in [-0.05, 0) is 49.6 Å². The summed E-state index contributed by atoms with van der Waals surface area (Å²) in [4.78, 5) is 32.8. The van der Waals surface area contributed by atoms with Crippen molar-refractivity contribution in [1.82, 2.24) is 5.32 Å². The molecule has 0 bridgehead atoms. The predicted octanol–water partition coefficient (Wildman–Crippen LogP) is 5.14. The molecule has 0 radical (unpaired) electrons. The number of carbonyl (C=O) groups excluding carboxylic acids is 2. The standard InChI is InChI=1S/C33H30N2O7/c1-6-7-14-41-35-19(3)27-23(36)16-26-33(4,31(27)38)29-24(37)15-25(40-5)28(30(29)42-26)32(39)34-17-22-18(2)12-13-20-10-8-9-11-21(20)22/h8-13,15-16,36-37H,14,17H2,1-5H3,(H,34,39)/b35-19+/t33-/m1/s1. The van der Waals surface area contributed by atoms with Crippen molar-refractivity contribution in [1.29, 1.82) is 0 Å². The normalized spacial score (nSPS) is 17.5. The topological polar surface area (TPSA) is 127 Å². The van der Waals surface area contributed by atoms with Gasteiger partial charge in [-0.1, -0.05) is 47.5 Å². The number of Topliss-reactive ketones (excluding diaryl/α,β-unsaturated/α-hetero) is 1. The van der Waals surface area contributed by atoms with E-state index in [1.165, 1.54) is 26.2 Å². The van der Waals surface area contributed by atoms with Gasteiger partial charge in [0.15, 0.2) is 18.1 Å². The minimum Gasteiger partial charge on any atom is -0.507 e. The Hall–Kier alpha value is -5.23. The number of nitrogens with one attached hydrogen (secondary N) is 1. The summed E-state index contributed by atoms with van der Waals surface area (Å²) in [5.41, 5.74) is 0.526. The van der Waals surface area contributed by atoms with Gasteiger partial charge >= 0.3 is 0 Å². The van der Waals surface area contributed by atoms with Gasteiger partial charge in [0.1, 0.15) is 34.0 Å². The van der Waals surface area contributed by atoms with Crippen LogP contribution >= 0.6 is 0 Å². The molecular formula is C33H30N2O7. The number of benzene rings is 3. The third kappa shape index (κ3) is 4.51. The van der Waals surface area contributed by atoms with Crippen LogP contribution in [0.1, 0.15) is 47.8 Å². The summed E-state index contributed by atoms with van der Waals surface area (Å²) in [6.45, 7) is 6.94. The molecule has 1 amide bonds. The molecule has 1 heterocycles. The number of ether oxygens (including phenoxy) is 2. The monoisotopic (exact) mass is 566 g/mol. The lowest BCUT2D eigenvalue weighted by molar-refractivity contribution is -0.119. The zero-order valence-electron chi connectivity index (χ0n) is 23.9. The van der Waals surface area contributed by atoms with Crippen molar-refractivity contribution < 1.29 is 34.1 Å². The molecule has 1 atom stereocenters. The number of allylic oxidation sites excluding steroid dienone is 3. The van der Waals surface area contributed by atoms with E-state index in [1.54, 1.807) is 13.8 Å². The number of rotatable bonds is 7. The van der Waals surface area contributed by atoms with Crippen LogP contribution in [0.4, 0.5) is 0 Å². The van der Waals surface area contributed by atoms with Crippen molar-refractivity contribution in [2.45, 2.75) is 39.7 Å². The Kier molecular flexibility index (Phi) is 7.40. The molecule has 3 aromatic carbocycles. The van der Waals surface area contributed by atoms with Crippen LogP contribution in [0.3, 0.4) is 0 Å². The number of amides is 1.